The van der Waals surface area contributed by atoms with Gasteiger partial charge in [-0.15, -0.1) is 0 Å². The minimum Gasteiger partial charge on any atom is -0.508 e. The summed E-state index contributed by atoms with van der Waals surface area (Å²) < 4.78 is 23.6. The van der Waals surface area contributed by atoms with E-state index in [0.29, 0.717) is 5.56 Å². The lowest BCUT2D eigenvalue weighted by Crippen LogP contribution is -2.05. The maximum atomic E-state index is 11.8. The first-order chi connectivity index (χ1) is 7.41. The first-order valence-corrected chi connectivity index (χ1v) is 5.90. The summed E-state index contributed by atoms with van der Waals surface area (Å²) in [7, 11) is -3.69. The second-order valence-electron chi connectivity index (χ2n) is 3.41. The monoisotopic (exact) mass is 240 g/mol. The molecule has 0 amide bonds. The zero-order valence-electron chi connectivity index (χ0n) is 8.04. The molecule has 0 bridgehead atoms. The molecule has 1 aromatic carbocycles. The van der Waals surface area contributed by atoms with Crippen molar-refractivity contribution in [3.8, 4) is 5.75 Å². The number of carboxylic acids is 1. The minimum absolute atomic E-state index is 0.0431. The van der Waals surface area contributed by atoms with Crippen molar-refractivity contribution in [2.24, 2.45) is 0 Å². The van der Waals surface area contributed by atoms with Crippen LogP contribution in [0.25, 0.3) is 6.08 Å². The normalized spacial score (nSPS) is 16.6. The van der Waals surface area contributed by atoms with Crippen LogP contribution < -0.4 is 0 Å². The van der Waals surface area contributed by atoms with Crippen LogP contribution >= 0.6 is 0 Å². The Morgan fingerprint density at radius 3 is 2.62 bits per heavy atom. The number of aromatic hydroxyl groups is 1. The number of phenolic OH excluding ortho intramolecular Hbond substituents is 1. The molecule has 84 valence electrons. The van der Waals surface area contributed by atoms with Gasteiger partial charge in [0.2, 0.25) is 9.84 Å². The Morgan fingerprint density at radius 2 is 2.00 bits per heavy atom. The van der Waals surface area contributed by atoms with E-state index in [-0.39, 0.29) is 15.6 Å². The lowest BCUT2D eigenvalue weighted by molar-refractivity contribution is -0.136. The Morgan fingerprint density at radius 1 is 1.31 bits per heavy atom. The zero-order valence-corrected chi connectivity index (χ0v) is 8.86. The SMILES string of the molecule is O=C(O)CC1=Cc2cc(O)ccc2S1(=O)=O. The van der Waals surface area contributed by atoms with Crippen LogP contribution in [0, 0.1) is 0 Å². The van der Waals surface area contributed by atoms with Crippen LogP contribution in [0.2, 0.25) is 0 Å². The predicted octanol–water partition coefficient (Wildman–Crippen LogP) is 0.995. The van der Waals surface area contributed by atoms with Gasteiger partial charge in [-0.25, -0.2) is 8.42 Å². The maximum absolute atomic E-state index is 11.8. The molecule has 2 rings (SSSR count). The molecule has 0 radical (unpaired) electrons. The molecular formula is C10H8O5S. The van der Waals surface area contributed by atoms with Crippen LogP contribution in [0.5, 0.6) is 5.75 Å². The van der Waals surface area contributed by atoms with Crippen molar-refractivity contribution in [3.63, 3.8) is 0 Å². The number of carbonyl (C=O) groups is 1. The van der Waals surface area contributed by atoms with Crippen molar-refractivity contribution in [1.29, 1.82) is 0 Å². The van der Waals surface area contributed by atoms with Gasteiger partial charge in [0.15, 0.2) is 0 Å². The topological polar surface area (TPSA) is 91.7 Å². The molecule has 1 aliphatic heterocycles. The number of sulfone groups is 1. The highest BCUT2D eigenvalue weighted by Crippen LogP contribution is 2.35. The van der Waals surface area contributed by atoms with Crippen LogP contribution in [0.3, 0.4) is 0 Å². The predicted molar refractivity (Wildman–Crippen MR) is 55.5 cm³/mol. The summed E-state index contributed by atoms with van der Waals surface area (Å²) >= 11 is 0. The molecule has 1 aromatic rings. The van der Waals surface area contributed by atoms with Gasteiger partial charge in [0.1, 0.15) is 5.75 Å². The van der Waals surface area contributed by atoms with E-state index in [1.54, 1.807) is 0 Å². The minimum atomic E-state index is -3.69. The standard InChI is InChI=1S/C10H8O5S/c11-7-1-2-9-6(3-7)4-8(5-10(12)13)16(9,14)15/h1-4,11H,5H2,(H,12,13). The van der Waals surface area contributed by atoms with Crippen molar-refractivity contribution in [2.75, 3.05) is 0 Å². The Balaban J connectivity index is 2.56. The molecule has 0 atom stereocenters. The third-order valence-corrected chi connectivity index (χ3v) is 4.17. The average Bonchev–Trinajstić information content (AvgIpc) is 2.37. The summed E-state index contributed by atoms with van der Waals surface area (Å²) in [6.07, 6.45) is 0.732. The molecule has 5 nitrogen and oxygen atoms in total. The number of phenols is 1. The van der Waals surface area contributed by atoms with E-state index in [2.05, 4.69) is 0 Å². The summed E-state index contributed by atoms with van der Waals surface area (Å²) in [5.41, 5.74) is 0.330. The molecule has 0 aromatic heterocycles. The highest BCUT2D eigenvalue weighted by atomic mass is 32.2. The van der Waals surface area contributed by atoms with Crippen molar-refractivity contribution in [3.05, 3.63) is 28.7 Å². The maximum Gasteiger partial charge on any atom is 0.308 e. The molecule has 1 aliphatic rings. The van der Waals surface area contributed by atoms with Gasteiger partial charge in [-0.1, -0.05) is 0 Å². The number of carboxylic acid groups (broad SMARTS) is 1. The van der Waals surface area contributed by atoms with Crippen LogP contribution in [0.1, 0.15) is 12.0 Å². The molecule has 1 heterocycles. The molecular weight excluding hydrogens is 232 g/mol. The Kier molecular flexibility index (Phi) is 2.23. The number of aliphatic carboxylic acids is 1. The Labute approximate surface area is 91.6 Å². The summed E-state index contributed by atoms with van der Waals surface area (Å²) in [5.74, 6) is -1.26. The van der Waals surface area contributed by atoms with Gasteiger partial charge in [0.05, 0.1) is 16.2 Å². The van der Waals surface area contributed by atoms with Gasteiger partial charge in [0.25, 0.3) is 0 Å². The largest absolute Gasteiger partial charge is 0.508 e. The van der Waals surface area contributed by atoms with Crippen molar-refractivity contribution >= 4 is 21.9 Å². The highest BCUT2D eigenvalue weighted by Gasteiger charge is 2.30. The van der Waals surface area contributed by atoms with Gasteiger partial charge in [-0.2, -0.15) is 0 Å². The Bertz CT molecular complexity index is 598. The first-order valence-electron chi connectivity index (χ1n) is 4.42. The molecule has 0 spiro atoms. The lowest BCUT2D eigenvalue weighted by Gasteiger charge is -2.01. The van der Waals surface area contributed by atoms with Gasteiger partial charge in [-0.3, -0.25) is 4.79 Å². The molecule has 0 unspecified atom stereocenters. The van der Waals surface area contributed by atoms with E-state index >= 15 is 0 Å². The van der Waals surface area contributed by atoms with Gasteiger partial charge in [0, 0.05) is 0 Å². The van der Waals surface area contributed by atoms with Crippen molar-refractivity contribution in [2.45, 2.75) is 11.3 Å². The molecule has 6 heteroatoms. The average molecular weight is 240 g/mol. The number of benzene rings is 1. The lowest BCUT2D eigenvalue weighted by atomic mass is 10.2. The van der Waals surface area contributed by atoms with E-state index < -0.39 is 22.2 Å². The third kappa shape index (κ3) is 1.57. The zero-order chi connectivity index (χ0) is 11.9. The Hall–Kier alpha value is -1.82. The molecule has 0 aliphatic carbocycles. The number of rotatable bonds is 2. The van der Waals surface area contributed by atoms with Crippen LogP contribution in [-0.2, 0) is 14.6 Å². The summed E-state index contributed by atoms with van der Waals surface area (Å²) in [6.45, 7) is 0. The number of hydrogen-bond donors (Lipinski definition) is 2. The van der Waals surface area contributed by atoms with Crippen molar-refractivity contribution in [1.82, 2.24) is 0 Å². The molecule has 0 fully saturated rings. The summed E-state index contributed by atoms with van der Waals surface area (Å²) in [6, 6.07) is 3.82. The highest BCUT2D eigenvalue weighted by molar-refractivity contribution is 7.95. The van der Waals surface area contributed by atoms with Gasteiger partial charge in [-0.05, 0) is 29.8 Å². The number of fused-ring (bicyclic) bond motifs is 1. The molecule has 16 heavy (non-hydrogen) atoms. The molecule has 0 saturated heterocycles. The van der Waals surface area contributed by atoms with Crippen molar-refractivity contribution < 1.29 is 23.4 Å². The summed E-state index contributed by atoms with van der Waals surface area (Å²) in [5, 5.41) is 17.8. The van der Waals surface area contributed by atoms with E-state index in [1.807, 2.05) is 0 Å². The van der Waals surface area contributed by atoms with E-state index in [9.17, 15) is 18.3 Å². The van der Waals surface area contributed by atoms with E-state index in [1.165, 1.54) is 24.3 Å². The fourth-order valence-electron chi connectivity index (χ4n) is 1.58. The van der Waals surface area contributed by atoms with Crippen LogP contribution in [-0.4, -0.2) is 24.6 Å². The van der Waals surface area contributed by atoms with Gasteiger partial charge < -0.3 is 10.2 Å². The van der Waals surface area contributed by atoms with E-state index in [0.717, 1.165) is 0 Å². The van der Waals surface area contributed by atoms with Crippen LogP contribution in [0.4, 0.5) is 0 Å². The first kappa shape index (κ1) is 10.7. The van der Waals surface area contributed by atoms with Gasteiger partial charge >= 0.3 is 5.97 Å². The molecule has 2 N–H and O–H groups in total. The van der Waals surface area contributed by atoms with E-state index in [4.69, 9.17) is 5.11 Å². The smallest absolute Gasteiger partial charge is 0.308 e. The fourth-order valence-corrected chi connectivity index (χ4v) is 3.13. The fraction of sp³-hybridized carbons (Fsp3) is 0.100. The number of hydrogen-bond acceptors (Lipinski definition) is 4. The third-order valence-electron chi connectivity index (χ3n) is 2.27. The second-order valence-corrected chi connectivity index (χ2v) is 5.38. The van der Waals surface area contributed by atoms with Crippen LogP contribution in [0.15, 0.2) is 28.0 Å². The quantitative estimate of drug-likeness (QED) is 0.804. The molecule has 0 saturated carbocycles. The second kappa shape index (κ2) is 3.34. The summed E-state index contributed by atoms with van der Waals surface area (Å²) in [4.78, 5) is 10.4.